The van der Waals surface area contributed by atoms with Gasteiger partial charge in [-0.25, -0.2) is 13.1 Å². The molecule has 2 saturated carbocycles. The summed E-state index contributed by atoms with van der Waals surface area (Å²) in [5.74, 6) is 1.73. The van der Waals surface area contributed by atoms with Gasteiger partial charge in [0.05, 0.1) is 9.77 Å². The normalized spacial score (nSPS) is 25.0. The molecule has 0 saturated heterocycles. The predicted molar refractivity (Wildman–Crippen MR) is 112 cm³/mol. The third-order valence-electron chi connectivity index (χ3n) is 6.27. The van der Waals surface area contributed by atoms with Gasteiger partial charge in [0.2, 0.25) is 10.0 Å². The third-order valence-corrected chi connectivity index (χ3v) is 8.86. The van der Waals surface area contributed by atoms with Crippen LogP contribution in [0, 0.1) is 24.7 Å². The summed E-state index contributed by atoms with van der Waals surface area (Å²) in [7, 11) is -3.57. The molecule has 2 aromatic rings. The third kappa shape index (κ3) is 3.88. The first-order chi connectivity index (χ1) is 13.3. The summed E-state index contributed by atoms with van der Waals surface area (Å²) >= 11 is 1.39. The van der Waals surface area contributed by atoms with Crippen LogP contribution in [-0.4, -0.2) is 20.4 Å². The Morgan fingerprint density at radius 3 is 2.46 bits per heavy atom. The van der Waals surface area contributed by atoms with Crippen LogP contribution in [0.25, 0.3) is 0 Å². The highest BCUT2D eigenvalue weighted by Gasteiger charge is 2.42. The van der Waals surface area contributed by atoms with E-state index in [2.05, 4.69) is 10.0 Å². The van der Waals surface area contributed by atoms with Gasteiger partial charge in [0.15, 0.2) is 0 Å². The summed E-state index contributed by atoms with van der Waals surface area (Å²) in [4.78, 5) is 13.2. The van der Waals surface area contributed by atoms with Gasteiger partial charge in [-0.05, 0) is 92.1 Å². The Bertz CT molecular complexity index is 966. The molecule has 5 nitrogen and oxygen atoms in total. The molecule has 2 aliphatic rings. The monoisotopic (exact) mass is 418 g/mol. The van der Waals surface area contributed by atoms with E-state index in [4.69, 9.17) is 0 Å². The van der Waals surface area contributed by atoms with E-state index < -0.39 is 10.0 Å². The number of benzene rings is 1. The summed E-state index contributed by atoms with van der Waals surface area (Å²) in [6, 6.07) is 8.22. The van der Waals surface area contributed by atoms with Crippen LogP contribution >= 0.6 is 11.3 Å². The molecule has 4 rings (SSSR count). The summed E-state index contributed by atoms with van der Waals surface area (Å²) in [6.45, 7) is 3.88. The molecule has 2 aliphatic carbocycles. The smallest absolute Gasteiger partial charge is 0.265 e. The Morgan fingerprint density at radius 1 is 1.14 bits per heavy atom. The molecule has 4 atom stereocenters. The number of nitrogens with one attached hydrogen (secondary N) is 2. The van der Waals surface area contributed by atoms with Crippen molar-refractivity contribution in [2.75, 3.05) is 5.32 Å². The van der Waals surface area contributed by atoms with Crippen LogP contribution in [0.4, 0.5) is 5.69 Å². The number of rotatable bonds is 6. The maximum absolute atomic E-state index is 12.8. The first kappa shape index (κ1) is 19.6. The Morgan fingerprint density at radius 2 is 1.89 bits per heavy atom. The van der Waals surface area contributed by atoms with Crippen LogP contribution < -0.4 is 10.0 Å². The van der Waals surface area contributed by atoms with Crippen LogP contribution in [0.3, 0.4) is 0 Å². The van der Waals surface area contributed by atoms with Gasteiger partial charge >= 0.3 is 0 Å². The standard InChI is InChI=1S/C21H26N2O3S2/c1-13-9-10-27-20(13)21(24)22-17-5-7-18(8-6-17)28(25,26)23-14(2)19-12-15-3-4-16(19)11-15/h5-10,14-16,19,23H,3-4,11-12H2,1-2H3,(H,22,24). The maximum atomic E-state index is 12.8. The minimum Gasteiger partial charge on any atom is -0.321 e. The fraction of sp³-hybridized carbons (Fsp3) is 0.476. The van der Waals surface area contributed by atoms with Gasteiger partial charge in [-0.15, -0.1) is 11.3 Å². The van der Waals surface area contributed by atoms with Crippen molar-refractivity contribution in [1.29, 1.82) is 0 Å². The lowest BCUT2D eigenvalue weighted by Gasteiger charge is -2.28. The average molecular weight is 419 g/mol. The van der Waals surface area contributed by atoms with Crippen LogP contribution in [0.2, 0.25) is 0 Å². The first-order valence-electron chi connectivity index (χ1n) is 9.81. The van der Waals surface area contributed by atoms with Crippen molar-refractivity contribution < 1.29 is 13.2 Å². The van der Waals surface area contributed by atoms with E-state index in [9.17, 15) is 13.2 Å². The molecule has 7 heteroatoms. The van der Waals surface area contributed by atoms with Gasteiger partial charge in [-0.1, -0.05) is 6.42 Å². The van der Waals surface area contributed by atoms with Crippen molar-refractivity contribution in [3.8, 4) is 0 Å². The molecular weight excluding hydrogens is 392 g/mol. The van der Waals surface area contributed by atoms with Gasteiger partial charge in [0.1, 0.15) is 0 Å². The zero-order chi connectivity index (χ0) is 19.9. The molecular formula is C21H26N2O3S2. The SMILES string of the molecule is Cc1ccsc1C(=O)Nc1ccc(S(=O)(=O)NC(C)C2CC3CCC2C3)cc1. The zero-order valence-electron chi connectivity index (χ0n) is 16.1. The number of carbonyl (C=O) groups is 1. The largest absolute Gasteiger partial charge is 0.321 e. The van der Waals surface area contributed by atoms with E-state index in [1.165, 1.54) is 30.6 Å². The van der Waals surface area contributed by atoms with E-state index in [-0.39, 0.29) is 16.8 Å². The van der Waals surface area contributed by atoms with Crippen molar-refractivity contribution in [3.05, 3.63) is 46.2 Å². The molecule has 150 valence electrons. The first-order valence-corrected chi connectivity index (χ1v) is 12.2. The number of anilines is 1. The Balaban J connectivity index is 1.41. The quantitative estimate of drug-likeness (QED) is 0.729. The van der Waals surface area contributed by atoms with Gasteiger partial charge in [-0.2, -0.15) is 0 Å². The molecule has 0 aliphatic heterocycles. The zero-order valence-corrected chi connectivity index (χ0v) is 17.8. The molecule has 2 N–H and O–H groups in total. The molecule has 1 aromatic heterocycles. The summed E-state index contributed by atoms with van der Waals surface area (Å²) in [5, 5.41) is 4.70. The molecule has 0 spiro atoms. The van der Waals surface area contributed by atoms with Gasteiger partial charge in [0, 0.05) is 11.7 Å². The van der Waals surface area contributed by atoms with Crippen LogP contribution in [-0.2, 0) is 10.0 Å². The molecule has 2 bridgehead atoms. The second kappa shape index (κ2) is 7.61. The lowest BCUT2D eigenvalue weighted by atomic mass is 9.84. The Kier molecular flexibility index (Phi) is 5.33. The van der Waals surface area contributed by atoms with Gasteiger partial charge in [0.25, 0.3) is 5.91 Å². The fourth-order valence-electron chi connectivity index (χ4n) is 4.82. The second-order valence-corrected chi connectivity index (χ2v) is 10.8. The average Bonchev–Trinajstić information content (AvgIpc) is 3.38. The highest BCUT2D eigenvalue weighted by molar-refractivity contribution is 7.89. The van der Waals surface area contributed by atoms with E-state index in [1.54, 1.807) is 24.3 Å². The van der Waals surface area contributed by atoms with Crippen molar-refractivity contribution >= 4 is 33.0 Å². The number of fused-ring (bicyclic) bond motifs is 2. The fourth-order valence-corrected chi connectivity index (χ4v) is 6.93. The topological polar surface area (TPSA) is 75.3 Å². The lowest BCUT2D eigenvalue weighted by molar-refractivity contribution is 0.103. The minimum atomic E-state index is -3.57. The number of hydrogen-bond donors (Lipinski definition) is 2. The summed E-state index contributed by atoms with van der Waals surface area (Å²) in [5.41, 5.74) is 1.51. The van der Waals surface area contributed by atoms with E-state index in [0.717, 1.165) is 17.9 Å². The number of sulfonamides is 1. The van der Waals surface area contributed by atoms with Crippen LogP contribution in [0.15, 0.2) is 40.6 Å². The Labute approximate surface area is 170 Å². The van der Waals surface area contributed by atoms with Gasteiger partial charge in [-0.3, -0.25) is 4.79 Å². The van der Waals surface area contributed by atoms with Gasteiger partial charge < -0.3 is 5.32 Å². The second-order valence-electron chi connectivity index (χ2n) is 8.16. The predicted octanol–water partition coefficient (Wildman–Crippen LogP) is 4.41. The van der Waals surface area contributed by atoms with E-state index in [1.807, 2.05) is 25.3 Å². The molecule has 1 heterocycles. The number of hydrogen-bond acceptors (Lipinski definition) is 4. The molecule has 28 heavy (non-hydrogen) atoms. The highest BCUT2D eigenvalue weighted by atomic mass is 32.2. The molecule has 2 fully saturated rings. The summed E-state index contributed by atoms with van der Waals surface area (Å²) < 4.78 is 28.4. The number of carbonyl (C=O) groups excluding carboxylic acids is 1. The lowest BCUT2D eigenvalue weighted by Crippen LogP contribution is -2.40. The Hall–Kier alpha value is -1.70. The number of amides is 1. The van der Waals surface area contributed by atoms with Crippen molar-refractivity contribution in [1.82, 2.24) is 4.72 Å². The van der Waals surface area contributed by atoms with E-state index >= 15 is 0 Å². The maximum Gasteiger partial charge on any atom is 0.265 e. The van der Waals surface area contributed by atoms with Crippen LogP contribution in [0.1, 0.15) is 47.8 Å². The molecule has 1 aromatic carbocycles. The van der Waals surface area contributed by atoms with E-state index in [0.29, 0.717) is 22.4 Å². The number of thiophene rings is 1. The molecule has 0 radical (unpaired) electrons. The number of aryl methyl sites for hydroxylation is 1. The van der Waals surface area contributed by atoms with Crippen molar-refractivity contribution in [3.63, 3.8) is 0 Å². The van der Waals surface area contributed by atoms with Crippen molar-refractivity contribution in [2.45, 2.75) is 50.5 Å². The van der Waals surface area contributed by atoms with Crippen molar-refractivity contribution in [2.24, 2.45) is 17.8 Å². The van der Waals surface area contributed by atoms with Crippen LogP contribution in [0.5, 0.6) is 0 Å². The molecule has 1 amide bonds. The highest BCUT2D eigenvalue weighted by Crippen LogP contribution is 2.49. The minimum absolute atomic E-state index is 0.0542. The summed E-state index contributed by atoms with van der Waals surface area (Å²) in [6.07, 6.45) is 4.94. The molecule has 4 unspecified atom stereocenters.